The van der Waals surface area contributed by atoms with Crippen LogP contribution in [0.15, 0.2) is 30.3 Å². The summed E-state index contributed by atoms with van der Waals surface area (Å²) >= 11 is 0. The van der Waals surface area contributed by atoms with Crippen LogP contribution in [0.1, 0.15) is 31.7 Å². The van der Waals surface area contributed by atoms with Gasteiger partial charge < -0.3 is 14.2 Å². The van der Waals surface area contributed by atoms with E-state index in [1.54, 1.807) is 0 Å². The molecular formula is C19H25NO6. The van der Waals surface area contributed by atoms with Crippen LogP contribution in [0.4, 0.5) is 0 Å². The van der Waals surface area contributed by atoms with Crippen LogP contribution in [0.25, 0.3) is 0 Å². The second kappa shape index (κ2) is 8.16. The molecule has 2 aliphatic rings. The van der Waals surface area contributed by atoms with Crippen LogP contribution in [0, 0.1) is 5.92 Å². The van der Waals surface area contributed by atoms with Crippen molar-refractivity contribution in [3.05, 3.63) is 35.9 Å². The molecule has 7 heteroatoms. The number of esters is 1. The van der Waals surface area contributed by atoms with E-state index in [0.29, 0.717) is 32.7 Å². The number of hydrogen-bond acceptors (Lipinski definition) is 6. The lowest BCUT2D eigenvalue weighted by molar-refractivity contribution is -0.269. The summed E-state index contributed by atoms with van der Waals surface area (Å²) in [6, 6.07) is 9.47. The number of ether oxygens (including phenoxy) is 3. The quantitative estimate of drug-likeness (QED) is 0.520. The molecule has 0 bridgehead atoms. The van der Waals surface area contributed by atoms with Crippen LogP contribution >= 0.6 is 0 Å². The van der Waals surface area contributed by atoms with Gasteiger partial charge in [0.05, 0.1) is 38.7 Å². The van der Waals surface area contributed by atoms with Gasteiger partial charge in [0.2, 0.25) is 0 Å². The molecule has 1 amide bonds. The molecule has 0 saturated carbocycles. The van der Waals surface area contributed by atoms with Crippen molar-refractivity contribution in [2.75, 3.05) is 20.3 Å². The van der Waals surface area contributed by atoms with E-state index in [4.69, 9.17) is 19.0 Å². The maximum absolute atomic E-state index is 12.4. The maximum Gasteiger partial charge on any atom is 0.310 e. The van der Waals surface area contributed by atoms with Gasteiger partial charge in [-0.3, -0.25) is 14.4 Å². The fourth-order valence-corrected chi connectivity index (χ4v) is 3.52. The minimum atomic E-state index is -1.06. The van der Waals surface area contributed by atoms with Crippen molar-refractivity contribution in [2.24, 2.45) is 5.92 Å². The minimum Gasteiger partial charge on any atom is -0.469 e. The number of β-lactam (4-membered cyclic amide) rings is 1. The first-order valence-corrected chi connectivity index (χ1v) is 8.93. The van der Waals surface area contributed by atoms with Crippen LogP contribution in [0.2, 0.25) is 0 Å². The number of hydroxylamine groups is 2. The predicted octanol–water partition coefficient (Wildman–Crippen LogP) is 2.05. The largest absolute Gasteiger partial charge is 0.469 e. The highest BCUT2D eigenvalue weighted by Crippen LogP contribution is 2.39. The number of carbonyl (C=O) groups excluding carboxylic acids is 2. The molecule has 26 heavy (non-hydrogen) atoms. The zero-order chi connectivity index (χ0) is 18.6. The molecule has 0 aliphatic carbocycles. The van der Waals surface area contributed by atoms with Crippen molar-refractivity contribution in [1.29, 1.82) is 0 Å². The fourth-order valence-electron chi connectivity index (χ4n) is 3.52. The summed E-state index contributed by atoms with van der Waals surface area (Å²) in [5, 5.41) is 1.41. The van der Waals surface area contributed by atoms with Crippen molar-refractivity contribution in [1.82, 2.24) is 5.06 Å². The van der Waals surface area contributed by atoms with Crippen LogP contribution < -0.4 is 0 Å². The number of methoxy groups -OCH3 is 1. The highest BCUT2D eigenvalue weighted by molar-refractivity contribution is 5.85. The Bertz CT molecular complexity index is 628. The summed E-state index contributed by atoms with van der Waals surface area (Å²) in [6.45, 7) is 3.11. The molecular weight excluding hydrogens is 338 g/mol. The molecule has 2 heterocycles. The summed E-state index contributed by atoms with van der Waals surface area (Å²) < 4.78 is 16.3. The first-order chi connectivity index (χ1) is 12.6. The van der Waals surface area contributed by atoms with Crippen LogP contribution in [0.3, 0.4) is 0 Å². The predicted molar refractivity (Wildman–Crippen MR) is 91.5 cm³/mol. The molecule has 0 spiro atoms. The molecule has 142 valence electrons. The van der Waals surface area contributed by atoms with Gasteiger partial charge in [-0.05, 0) is 12.0 Å². The van der Waals surface area contributed by atoms with Crippen molar-refractivity contribution in [3.8, 4) is 0 Å². The number of amides is 1. The van der Waals surface area contributed by atoms with Gasteiger partial charge in [-0.2, -0.15) is 0 Å². The number of nitrogens with zero attached hydrogens (tertiary/aromatic N) is 1. The second-order valence-electron chi connectivity index (χ2n) is 6.57. The first-order valence-electron chi connectivity index (χ1n) is 8.93. The van der Waals surface area contributed by atoms with Crippen LogP contribution in [0.5, 0.6) is 0 Å². The zero-order valence-electron chi connectivity index (χ0n) is 15.2. The average molecular weight is 363 g/mol. The zero-order valence-corrected chi connectivity index (χ0v) is 15.2. The molecule has 2 atom stereocenters. The highest BCUT2D eigenvalue weighted by Gasteiger charge is 2.53. The summed E-state index contributed by atoms with van der Waals surface area (Å²) in [5.74, 6) is -1.66. The van der Waals surface area contributed by atoms with Crippen molar-refractivity contribution in [2.45, 2.75) is 44.6 Å². The third-order valence-corrected chi connectivity index (χ3v) is 4.93. The second-order valence-corrected chi connectivity index (χ2v) is 6.57. The topological polar surface area (TPSA) is 74.3 Å². The average Bonchev–Trinajstić information content (AvgIpc) is 3.11. The molecule has 1 aromatic rings. The van der Waals surface area contributed by atoms with Crippen LogP contribution in [-0.4, -0.2) is 49.1 Å². The van der Waals surface area contributed by atoms with Gasteiger partial charge in [-0.15, -0.1) is 0 Å². The van der Waals surface area contributed by atoms with Gasteiger partial charge in [0.15, 0.2) is 5.79 Å². The Morgan fingerprint density at radius 3 is 2.58 bits per heavy atom. The van der Waals surface area contributed by atoms with Crippen molar-refractivity contribution >= 4 is 11.9 Å². The number of hydrogen-bond donors (Lipinski definition) is 0. The summed E-state index contributed by atoms with van der Waals surface area (Å²) in [5.41, 5.74) is 0.983. The molecule has 2 fully saturated rings. The Morgan fingerprint density at radius 1 is 1.27 bits per heavy atom. The van der Waals surface area contributed by atoms with E-state index in [0.717, 1.165) is 5.56 Å². The molecule has 3 rings (SSSR count). The number of benzene rings is 1. The van der Waals surface area contributed by atoms with E-state index in [1.165, 1.54) is 12.2 Å². The molecule has 0 N–H and O–H groups in total. The molecule has 7 nitrogen and oxygen atoms in total. The fraction of sp³-hybridized carbons (Fsp3) is 0.579. The monoisotopic (exact) mass is 363 g/mol. The van der Waals surface area contributed by atoms with Gasteiger partial charge >= 0.3 is 5.97 Å². The van der Waals surface area contributed by atoms with E-state index < -0.39 is 11.8 Å². The van der Waals surface area contributed by atoms with Crippen LogP contribution in [-0.2, 0) is 35.2 Å². The minimum absolute atomic E-state index is 0.00283. The van der Waals surface area contributed by atoms with Crippen molar-refractivity contribution < 1.29 is 28.6 Å². The molecule has 0 aromatic heterocycles. The summed E-state index contributed by atoms with van der Waals surface area (Å²) in [4.78, 5) is 29.9. The van der Waals surface area contributed by atoms with Gasteiger partial charge in [0, 0.05) is 6.42 Å². The summed E-state index contributed by atoms with van der Waals surface area (Å²) in [7, 11) is 1.34. The molecule has 2 aliphatic heterocycles. The van der Waals surface area contributed by atoms with E-state index in [1.807, 2.05) is 37.3 Å². The van der Waals surface area contributed by atoms with E-state index in [9.17, 15) is 9.59 Å². The Morgan fingerprint density at radius 2 is 1.96 bits per heavy atom. The molecule has 0 radical (unpaired) electrons. The lowest BCUT2D eigenvalue weighted by atomic mass is 9.82. The number of rotatable bonds is 8. The van der Waals surface area contributed by atoms with E-state index in [2.05, 4.69) is 0 Å². The number of carbonyl (C=O) groups is 2. The lowest BCUT2D eigenvalue weighted by Crippen LogP contribution is -2.62. The van der Waals surface area contributed by atoms with E-state index in [-0.39, 0.29) is 24.3 Å². The Balaban J connectivity index is 1.68. The van der Waals surface area contributed by atoms with Gasteiger partial charge in [0.1, 0.15) is 6.61 Å². The molecule has 2 saturated heterocycles. The van der Waals surface area contributed by atoms with Gasteiger partial charge in [-0.1, -0.05) is 37.3 Å². The SMILES string of the molecule is CCC1C(=O)N(OCc2ccccc2)C1CC1(CC(=O)OC)OCCO1. The summed E-state index contributed by atoms with van der Waals surface area (Å²) in [6.07, 6.45) is 1.07. The Labute approximate surface area is 153 Å². The molecule has 2 unspecified atom stereocenters. The Kier molecular flexibility index (Phi) is 5.90. The lowest BCUT2D eigenvalue weighted by Gasteiger charge is -2.47. The van der Waals surface area contributed by atoms with E-state index >= 15 is 0 Å². The maximum atomic E-state index is 12.4. The normalized spacial score (nSPS) is 24.4. The third kappa shape index (κ3) is 3.90. The third-order valence-electron chi connectivity index (χ3n) is 4.93. The molecule has 1 aromatic carbocycles. The Hall–Kier alpha value is -1.96. The van der Waals surface area contributed by atoms with Crippen molar-refractivity contribution in [3.63, 3.8) is 0 Å². The first kappa shape index (κ1) is 18.8. The van der Waals surface area contributed by atoms with Gasteiger partial charge in [-0.25, -0.2) is 5.06 Å². The highest BCUT2D eigenvalue weighted by atomic mass is 16.7. The standard InChI is InChI=1S/C19H25NO6/c1-3-15-16(11-19(12-17(21)23-2)24-9-10-25-19)20(18(15)22)26-13-14-7-5-4-6-8-14/h4-8,15-16H,3,9-13H2,1-2H3. The smallest absolute Gasteiger partial charge is 0.310 e. The van der Waals surface area contributed by atoms with Gasteiger partial charge in [0.25, 0.3) is 5.91 Å².